The van der Waals surface area contributed by atoms with Gasteiger partial charge in [0.15, 0.2) is 5.76 Å². The molecule has 128 valence electrons. The molecule has 0 aromatic heterocycles. The van der Waals surface area contributed by atoms with Crippen molar-refractivity contribution in [1.82, 2.24) is 0 Å². The molecule has 0 atom stereocenters. The van der Waals surface area contributed by atoms with E-state index in [2.05, 4.69) is 4.74 Å². The van der Waals surface area contributed by atoms with E-state index in [1.165, 1.54) is 0 Å². The molecule has 0 amide bonds. The number of rotatable bonds is 3. The number of allylic oxidation sites excluding steroid dienone is 2. The van der Waals surface area contributed by atoms with Crippen molar-refractivity contribution in [2.75, 3.05) is 6.61 Å². The second kappa shape index (κ2) is 3.81. The summed E-state index contributed by atoms with van der Waals surface area (Å²) in [5, 5.41) is 0. The molecule has 1 nitrogen and oxygen atoms in total. The van der Waals surface area contributed by atoms with Crippen LogP contribution in [-0.4, -0.2) is 41.9 Å². The Balaban J connectivity index is 2.71. The van der Waals surface area contributed by atoms with Gasteiger partial charge in [0, 0.05) is 0 Å². The first-order valence-electron chi connectivity index (χ1n) is 5.53. The quantitative estimate of drug-likeness (QED) is 0.694. The second-order valence-electron chi connectivity index (χ2n) is 4.67. The van der Waals surface area contributed by atoms with Gasteiger partial charge in [-0.1, -0.05) is 0 Å². The largest absolute Gasteiger partial charge is 0.491 e. The Labute approximate surface area is 114 Å². The van der Waals surface area contributed by atoms with Gasteiger partial charge in [-0.15, -0.1) is 0 Å². The van der Waals surface area contributed by atoms with Crippen molar-refractivity contribution < 1.29 is 53.0 Å². The van der Waals surface area contributed by atoms with Crippen LogP contribution in [0, 0.1) is 0 Å². The van der Waals surface area contributed by atoms with Gasteiger partial charge in [0.1, 0.15) is 0 Å². The first-order chi connectivity index (χ1) is 9.56. The molecule has 1 fully saturated rings. The second-order valence-corrected chi connectivity index (χ2v) is 4.67. The van der Waals surface area contributed by atoms with Crippen molar-refractivity contribution in [3.05, 3.63) is 11.3 Å². The Hall–Kier alpha value is -1.23. The maximum atomic E-state index is 13.9. The number of alkyl halides is 11. The van der Waals surface area contributed by atoms with Crippen LogP contribution in [0.15, 0.2) is 11.3 Å². The summed E-state index contributed by atoms with van der Waals surface area (Å²) in [6.45, 7) is -0.0121. The maximum absolute atomic E-state index is 13.9. The Morgan fingerprint density at radius 2 is 1.09 bits per heavy atom. The molecule has 0 aromatic rings. The summed E-state index contributed by atoms with van der Waals surface area (Å²) < 4.78 is 148. The predicted molar refractivity (Wildman–Crippen MR) is 47.2 cm³/mol. The van der Waals surface area contributed by atoms with E-state index in [9.17, 15) is 48.3 Å². The van der Waals surface area contributed by atoms with Crippen LogP contribution in [0.4, 0.5) is 48.3 Å². The molecule has 0 N–H and O–H groups in total. The minimum atomic E-state index is -6.32. The van der Waals surface area contributed by atoms with Gasteiger partial charge in [0.05, 0.1) is 12.2 Å². The molecule has 0 radical (unpaired) electrons. The van der Waals surface area contributed by atoms with Crippen LogP contribution in [0.3, 0.4) is 0 Å². The first kappa shape index (κ1) is 17.1. The van der Waals surface area contributed by atoms with Crippen LogP contribution >= 0.6 is 0 Å². The van der Waals surface area contributed by atoms with Crippen LogP contribution in [0.5, 0.6) is 0 Å². The standard InChI is InChI=1S/C10H5F11O/c1-2-22-4-3(6(12,13)7(4,14)15)5(11)8(16,17)10(20,21)9(5,18)19/h2H2,1H3. The average molecular weight is 350 g/mol. The van der Waals surface area contributed by atoms with Gasteiger partial charge in [0.25, 0.3) is 5.67 Å². The summed E-state index contributed by atoms with van der Waals surface area (Å²) in [5.41, 5.74) is -9.15. The van der Waals surface area contributed by atoms with E-state index >= 15 is 0 Å². The molecule has 1 saturated carbocycles. The summed E-state index contributed by atoms with van der Waals surface area (Å²) in [7, 11) is 0. The zero-order valence-corrected chi connectivity index (χ0v) is 10.3. The summed E-state index contributed by atoms with van der Waals surface area (Å²) in [4.78, 5) is 0. The van der Waals surface area contributed by atoms with Crippen molar-refractivity contribution >= 4 is 0 Å². The topological polar surface area (TPSA) is 9.23 Å². The molecule has 0 saturated heterocycles. The van der Waals surface area contributed by atoms with Crippen molar-refractivity contribution in [3.8, 4) is 0 Å². The predicted octanol–water partition coefficient (Wildman–Crippen LogP) is 4.19. The fourth-order valence-electron chi connectivity index (χ4n) is 2.30. The fraction of sp³-hybridized carbons (Fsp3) is 0.800. The number of halogens is 11. The first-order valence-corrected chi connectivity index (χ1v) is 5.53. The van der Waals surface area contributed by atoms with Crippen molar-refractivity contribution in [2.24, 2.45) is 0 Å². The third-order valence-corrected chi connectivity index (χ3v) is 3.51. The molecule has 12 heteroatoms. The van der Waals surface area contributed by atoms with Gasteiger partial charge in [-0.05, 0) is 6.92 Å². The molecule has 2 aliphatic rings. The summed E-state index contributed by atoms with van der Waals surface area (Å²) in [6.07, 6.45) is 0. The molecule has 0 heterocycles. The van der Waals surface area contributed by atoms with E-state index < -0.39 is 53.2 Å². The van der Waals surface area contributed by atoms with Crippen LogP contribution < -0.4 is 0 Å². The molecule has 0 unspecified atom stereocenters. The number of ether oxygens (including phenoxy) is 1. The van der Waals surface area contributed by atoms with Crippen LogP contribution in [-0.2, 0) is 4.74 Å². The minimum absolute atomic E-state index is 0.883. The van der Waals surface area contributed by atoms with Gasteiger partial charge >= 0.3 is 29.6 Å². The zero-order valence-electron chi connectivity index (χ0n) is 10.3. The highest BCUT2D eigenvalue weighted by molar-refractivity contribution is 5.54. The number of hydrogen-bond donors (Lipinski definition) is 0. The van der Waals surface area contributed by atoms with E-state index in [-0.39, 0.29) is 0 Å². The highest BCUT2D eigenvalue weighted by Gasteiger charge is 3.04. The monoisotopic (exact) mass is 350 g/mol. The zero-order chi connectivity index (χ0) is 17.6. The third kappa shape index (κ3) is 1.25. The average Bonchev–Trinajstić information content (AvgIpc) is 2.35. The highest BCUT2D eigenvalue weighted by Crippen LogP contribution is 2.76. The van der Waals surface area contributed by atoms with Crippen LogP contribution in [0.25, 0.3) is 0 Å². The van der Waals surface area contributed by atoms with E-state index in [1.54, 1.807) is 0 Å². The lowest BCUT2D eigenvalue weighted by Crippen LogP contribution is -2.87. The molecule has 2 rings (SSSR count). The van der Waals surface area contributed by atoms with Gasteiger partial charge in [-0.2, -0.15) is 43.9 Å². The SMILES string of the molecule is CCOC1=C(C2(F)C(F)(F)C(F)(F)C2(F)F)C(F)(F)C1(F)F. The Morgan fingerprint density at radius 1 is 0.682 bits per heavy atom. The smallest absolute Gasteiger partial charge is 0.379 e. The molecule has 0 aliphatic heterocycles. The number of hydrogen-bond acceptors (Lipinski definition) is 1. The van der Waals surface area contributed by atoms with Crippen LogP contribution in [0.2, 0.25) is 0 Å². The minimum Gasteiger partial charge on any atom is -0.491 e. The summed E-state index contributed by atoms with van der Waals surface area (Å²) >= 11 is 0. The molecule has 0 bridgehead atoms. The Bertz CT molecular complexity index is 529. The molecular formula is C10H5F11O. The lowest BCUT2D eigenvalue weighted by molar-refractivity contribution is -0.470. The van der Waals surface area contributed by atoms with Crippen LogP contribution in [0.1, 0.15) is 6.92 Å². The third-order valence-electron chi connectivity index (χ3n) is 3.51. The summed E-state index contributed by atoms with van der Waals surface area (Å²) in [5.74, 6) is -32.6. The van der Waals surface area contributed by atoms with Crippen molar-refractivity contribution in [3.63, 3.8) is 0 Å². The van der Waals surface area contributed by atoms with E-state index in [4.69, 9.17) is 0 Å². The van der Waals surface area contributed by atoms with E-state index in [0.717, 1.165) is 6.92 Å². The summed E-state index contributed by atoms with van der Waals surface area (Å²) in [6, 6.07) is 0. The lowest BCUT2D eigenvalue weighted by Gasteiger charge is -2.58. The van der Waals surface area contributed by atoms with E-state index in [0.29, 0.717) is 0 Å². The molecule has 0 spiro atoms. The van der Waals surface area contributed by atoms with Gasteiger partial charge < -0.3 is 4.74 Å². The molecule has 22 heavy (non-hydrogen) atoms. The van der Waals surface area contributed by atoms with Gasteiger partial charge in [-0.3, -0.25) is 0 Å². The van der Waals surface area contributed by atoms with Gasteiger partial charge in [-0.25, -0.2) is 4.39 Å². The van der Waals surface area contributed by atoms with Gasteiger partial charge in [0.2, 0.25) is 0 Å². The Morgan fingerprint density at radius 3 is 1.45 bits per heavy atom. The van der Waals surface area contributed by atoms with Crippen molar-refractivity contribution in [2.45, 2.75) is 42.2 Å². The van der Waals surface area contributed by atoms with Crippen molar-refractivity contribution in [1.29, 1.82) is 0 Å². The molecule has 2 aliphatic carbocycles. The molecular weight excluding hydrogens is 345 g/mol. The lowest BCUT2D eigenvalue weighted by atomic mass is 9.59. The normalized spacial score (nSPS) is 32.0. The van der Waals surface area contributed by atoms with E-state index in [1.807, 2.05) is 0 Å². The fourth-order valence-corrected chi connectivity index (χ4v) is 2.30. The molecule has 0 aromatic carbocycles. The Kier molecular flexibility index (Phi) is 2.96. The highest BCUT2D eigenvalue weighted by atomic mass is 19.4. The maximum Gasteiger partial charge on any atom is 0.379 e.